The molecular weight excluding hydrogens is 256 g/mol. The summed E-state index contributed by atoms with van der Waals surface area (Å²) in [5.74, 6) is 0.593. The molecule has 1 N–H and O–H groups in total. The first-order valence-electron chi connectivity index (χ1n) is 7.74. The van der Waals surface area contributed by atoms with Gasteiger partial charge in [-0.1, -0.05) is 13.8 Å². The minimum atomic E-state index is -0.371. The van der Waals surface area contributed by atoms with Crippen molar-refractivity contribution in [2.75, 3.05) is 19.8 Å². The smallest absolute Gasteiger partial charge is 0.246 e. The quantitative estimate of drug-likeness (QED) is 0.713. The fraction of sp³-hybridized carbons (Fsp3) is 0.867. The molecule has 1 aliphatic carbocycles. The Kier molecular flexibility index (Phi) is 5.02. The lowest BCUT2D eigenvalue weighted by Crippen LogP contribution is -2.65. The van der Waals surface area contributed by atoms with Crippen LogP contribution >= 0.6 is 0 Å². The number of carbonyl (C=O) groups excluding carboxylic acids is 2. The predicted molar refractivity (Wildman–Crippen MR) is 76.1 cm³/mol. The number of rotatable bonds is 7. The van der Waals surface area contributed by atoms with Crippen molar-refractivity contribution in [3.05, 3.63) is 0 Å². The summed E-state index contributed by atoms with van der Waals surface area (Å²) in [5.41, 5.74) is 0. The maximum absolute atomic E-state index is 12.6. The Morgan fingerprint density at radius 3 is 2.60 bits per heavy atom. The summed E-state index contributed by atoms with van der Waals surface area (Å²) < 4.78 is 5.33. The fourth-order valence-electron chi connectivity index (χ4n) is 2.82. The lowest BCUT2D eigenvalue weighted by atomic mass is 9.96. The maximum Gasteiger partial charge on any atom is 0.246 e. The van der Waals surface area contributed by atoms with Gasteiger partial charge in [0.15, 0.2) is 0 Å². The summed E-state index contributed by atoms with van der Waals surface area (Å²) in [6.45, 7) is 7.86. The highest BCUT2D eigenvalue weighted by molar-refractivity contribution is 5.97. The third-order valence-electron chi connectivity index (χ3n) is 4.08. The monoisotopic (exact) mass is 282 g/mol. The zero-order valence-electron chi connectivity index (χ0n) is 12.7. The van der Waals surface area contributed by atoms with Crippen LogP contribution in [-0.2, 0) is 14.3 Å². The molecule has 2 rings (SSSR count). The summed E-state index contributed by atoms with van der Waals surface area (Å²) in [5, 5.41) is 2.91. The van der Waals surface area contributed by atoms with Gasteiger partial charge >= 0.3 is 0 Å². The molecule has 5 nitrogen and oxygen atoms in total. The third-order valence-corrected chi connectivity index (χ3v) is 4.08. The Labute approximate surface area is 121 Å². The summed E-state index contributed by atoms with van der Waals surface area (Å²) in [4.78, 5) is 26.7. The molecule has 1 heterocycles. The SMILES string of the molecule is CCOCCCN1C(=O)C(C(C)C)NC(=O)C1C1CC1. The Morgan fingerprint density at radius 2 is 2.05 bits per heavy atom. The number of carbonyl (C=O) groups is 2. The molecule has 0 bridgehead atoms. The number of nitrogens with zero attached hydrogens (tertiary/aromatic N) is 1. The van der Waals surface area contributed by atoms with Crippen molar-refractivity contribution in [3.8, 4) is 0 Å². The summed E-state index contributed by atoms with van der Waals surface area (Å²) >= 11 is 0. The Morgan fingerprint density at radius 1 is 1.35 bits per heavy atom. The van der Waals surface area contributed by atoms with Gasteiger partial charge < -0.3 is 15.0 Å². The van der Waals surface area contributed by atoms with Crippen molar-refractivity contribution in [3.63, 3.8) is 0 Å². The molecule has 2 unspecified atom stereocenters. The molecule has 1 saturated heterocycles. The number of nitrogens with one attached hydrogen (secondary N) is 1. The van der Waals surface area contributed by atoms with Crippen LogP contribution in [0.4, 0.5) is 0 Å². The van der Waals surface area contributed by atoms with E-state index in [1.165, 1.54) is 0 Å². The van der Waals surface area contributed by atoms with Gasteiger partial charge in [-0.3, -0.25) is 9.59 Å². The highest BCUT2D eigenvalue weighted by Gasteiger charge is 2.48. The number of amides is 2. The Hall–Kier alpha value is -1.10. The van der Waals surface area contributed by atoms with Gasteiger partial charge in [0.2, 0.25) is 11.8 Å². The van der Waals surface area contributed by atoms with E-state index in [1.807, 2.05) is 20.8 Å². The van der Waals surface area contributed by atoms with Crippen molar-refractivity contribution in [2.45, 2.75) is 52.1 Å². The Bertz CT molecular complexity index is 366. The molecule has 0 radical (unpaired) electrons. The van der Waals surface area contributed by atoms with Crippen LogP contribution in [-0.4, -0.2) is 48.6 Å². The first-order chi connectivity index (χ1) is 9.56. The number of ether oxygens (including phenoxy) is 1. The molecule has 2 amide bonds. The van der Waals surface area contributed by atoms with Crippen LogP contribution < -0.4 is 5.32 Å². The molecule has 114 valence electrons. The average molecular weight is 282 g/mol. The second-order valence-corrected chi connectivity index (χ2v) is 6.09. The van der Waals surface area contributed by atoms with Crippen LogP contribution in [0.1, 0.15) is 40.0 Å². The molecular formula is C15H26N2O3. The topological polar surface area (TPSA) is 58.6 Å². The normalized spacial score (nSPS) is 27.1. The molecule has 0 aromatic carbocycles. The average Bonchev–Trinajstić information content (AvgIpc) is 3.21. The molecule has 2 fully saturated rings. The van der Waals surface area contributed by atoms with E-state index < -0.39 is 0 Å². The van der Waals surface area contributed by atoms with E-state index >= 15 is 0 Å². The minimum absolute atomic E-state index is 0.0298. The first-order valence-corrected chi connectivity index (χ1v) is 7.74. The van der Waals surface area contributed by atoms with Crippen LogP contribution in [0.5, 0.6) is 0 Å². The van der Waals surface area contributed by atoms with Crippen molar-refractivity contribution in [1.29, 1.82) is 0 Å². The van der Waals surface area contributed by atoms with Crippen molar-refractivity contribution >= 4 is 11.8 Å². The van der Waals surface area contributed by atoms with Crippen LogP contribution in [0, 0.1) is 11.8 Å². The van der Waals surface area contributed by atoms with E-state index in [4.69, 9.17) is 4.74 Å². The van der Waals surface area contributed by atoms with Gasteiger partial charge in [0.05, 0.1) is 0 Å². The van der Waals surface area contributed by atoms with Gasteiger partial charge in [0, 0.05) is 19.8 Å². The number of piperazine rings is 1. The molecule has 5 heteroatoms. The summed E-state index contributed by atoms with van der Waals surface area (Å²) in [7, 11) is 0. The molecule has 0 spiro atoms. The Balaban J connectivity index is 2.03. The van der Waals surface area contributed by atoms with Crippen LogP contribution in [0.15, 0.2) is 0 Å². The largest absolute Gasteiger partial charge is 0.382 e. The number of hydrogen-bond donors (Lipinski definition) is 1. The van der Waals surface area contributed by atoms with Gasteiger partial charge in [-0.25, -0.2) is 0 Å². The molecule has 0 aromatic rings. The van der Waals surface area contributed by atoms with Gasteiger partial charge in [-0.15, -0.1) is 0 Å². The zero-order chi connectivity index (χ0) is 14.7. The predicted octanol–water partition coefficient (Wildman–Crippen LogP) is 1.17. The number of hydrogen-bond acceptors (Lipinski definition) is 3. The summed E-state index contributed by atoms with van der Waals surface area (Å²) in [6.07, 6.45) is 2.90. The molecule has 20 heavy (non-hydrogen) atoms. The van der Waals surface area contributed by atoms with E-state index in [-0.39, 0.29) is 29.8 Å². The van der Waals surface area contributed by atoms with Crippen LogP contribution in [0.3, 0.4) is 0 Å². The second-order valence-electron chi connectivity index (χ2n) is 6.09. The first kappa shape index (κ1) is 15.3. The van der Waals surface area contributed by atoms with E-state index in [0.29, 0.717) is 25.7 Å². The lowest BCUT2D eigenvalue weighted by molar-refractivity contribution is -0.151. The molecule has 2 aliphatic rings. The molecule has 2 atom stereocenters. The third kappa shape index (κ3) is 3.32. The van der Waals surface area contributed by atoms with Crippen molar-refractivity contribution in [2.24, 2.45) is 11.8 Å². The summed E-state index contributed by atoms with van der Waals surface area (Å²) in [6, 6.07) is -0.622. The van der Waals surface area contributed by atoms with E-state index in [9.17, 15) is 9.59 Å². The van der Waals surface area contributed by atoms with E-state index in [1.54, 1.807) is 4.90 Å². The van der Waals surface area contributed by atoms with E-state index in [0.717, 1.165) is 19.3 Å². The molecule has 1 saturated carbocycles. The van der Waals surface area contributed by atoms with Crippen LogP contribution in [0.25, 0.3) is 0 Å². The van der Waals surface area contributed by atoms with Crippen LogP contribution in [0.2, 0.25) is 0 Å². The van der Waals surface area contributed by atoms with Crippen molar-refractivity contribution in [1.82, 2.24) is 10.2 Å². The van der Waals surface area contributed by atoms with Gasteiger partial charge in [-0.05, 0) is 38.0 Å². The lowest BCUT2D eigenvalue weighted by Gasteiger charge is -2.40. The molecule has 1 aliphatic heterocycles. The standard InChI is InChI=1S/C15H26N2O3/c1-4-20-9-5-8-17-13(11-6-7-11)14(18)16-12(10(2)3)15(17)19/h10-13H,4-9H2,1-3H3,(H,16,18). The van der Waals surface area contributed by atoms with Gasteiger partial charge in [0.25, 0.3) is 0 Å². The highest BCUT2D eigenvalue weighted by Crippen LogP contribution is 2.37. The minimum Gasteiger partial charge on any atom is -0.382 e. The second kappa shape index (κ2) is 6.57. The van der Waals surface area contributed by atoms with Crippen molar-refractivity contribution < 1.29 is 14.3 Å². The molecule has 0 aromatic heterocycles. The van der Waals surface area contributed by atoms with Gasteiger partial charge in [0.1, 0.15) is 12.1 Å². The maximum atomic E-state index is 12.6. The van der Waals surface area contributed by atoms with Gasteiger partial charge in [-0.2, -0.15) is 0 Å². The zero-order valence-corrected chi connectivity index (χ0v) is 12.7. The highest BCUT2D eigenvalue weighted by atomic mass is 16.5. The van der Waals surface area contributed by atoms with E-state index in [2.05, 4.69) is 5.32 Å². The fourth-order valence-corrected chi connectivity index (χ4v) is 2.82.